The molecule has 2 rings (SSSR count). The minimum Gasteiger partial charge on any atom is -0.444 e. The zero-order chi connectivity index (χ0) is 20.0. The van der Waals surface area contributed by atoms with Gasteiger partial charge >= 0.3 is 6.09 Å². The monoisotopic (exact) mass is 373 g/mol. The number of hydrogen-bond donors (Lipinski definition) is 1. The van der Waals surface area contributed by atoms with Crippen LogP contribution in [-0.2, 0) is 4.74 Å². The molecule has 0 radical (unpaired) electrons. The molecule has 1 saturated heterocycles. The van der Waals surface area contributed by atoms with Gasteiger partial charge in [-0.2, -0.15) is 5.26 Å². The van der Waals surface area contributed by atoms with Gasteiger partial charge in [0.15, 0.2) is 5.78 Å². The number of nitriles is 1. The number of carbonyl (C=O) groups excluding carboxylic acids is 2. The molecular formula is C20H27N3O4. The van der Waals surface area contributed by atoms with E-state index < -0.39 is 11.7 Å². The van der Waals surface area contributed by atoms with Crippen LogP contribution >= 0.6 is 0 Å². The molecule has 1 N–H and O–H groups in total. The van der Waals surface area contributed by atoms with Crippen molar-refractivity contribution in [1.82, 2.24) is 9.88 Å². The van der Waals surface area contributed by atoms with Crippen molar-refractivity contribution < 1.29 is 19.4 Å². The van der Waals surface area contributed by atoms with E-state index in [1.54, 1.807) is 11.0 Å². The molecule has 1 aromatic heterocycles. The second-order valence-electron chi connectivity index (χ2n) is 7.97. The molecule has 1 amide bonds. The molecule has 1 unspecified atom stereocenters. The van der Waals surface area contributed by atoms with Gasteiger partial charge in [-0.05, 0) is 58.1 Å². The van der Waals surface area contributed by atoms with Crippen LogP contribution in [0.25, 0.3) is 0 Å². The fourth-order valence-electron chi connectivity index (χ4n) is 3.14. The molecule has 1 atom stereocenters. The fourth-order valence-corrected chi connectivity index (χ4v) is 3.14. The van der Waals surface area contributed by atoms with Gasteiger partial charge in [-0.25, -0.2) is 9.78 Å². The number of aliphatic hydroxyl groups is 1. The van der Waals surface area contributed by atoms with E-state index in [-0.39, 0.29) is 29.9 Å². The summed E-state index contributed by atoms with van der Waals surface area (Å²) < 4.78 is 5.38. The number of Topliss-reactive ketones (excluding diaryl/α,β-unsaturated/α-hetero) is 1. The summed E-state index contributed by atoms with van der Waals surface area (Å²) in [6, 6.07) is 4.89. The number of nitrogens with zero attached hydrogens (tertiary/aromatic N) is 3. The molecule has 0 bridgehead atoms. The number of piperidine rings is 1. The van der Waals surface area contributed by atoms with Crippen molar-refractivity contribution >= 4 is 11.9 Å². The minimum absolute atomic E-state index is 0.0150. The second kappa shape index (κ2) is 8.96. The quantitative estimate of drug-likeness (QED) is 0.796. The van der Waals surface area contributed by atoms with Gasteiger partial charge < -0.3 is 14.7 Å². The Bertz CT molecular complexity index is 713. The summed E-state index contributed by atoms with van der Waals surface area (Å²) in [5.74, 6) is 0.0613. The van der Waals surface area contributed by atoms with Gasteiger partial charge in [0.2, 0.25) is 0 Å². The van der Waals surface area contributed by atoms with Crippen LogP contribution in [0.15, 0.2) is 18.3 Å². The molecule has 7 nitrogen and oxygen atoms in total. The van der Waals surface area contributed by atoms with Crippen LogP contribution in [0.4, 0.5) is 4.79 Å². The standard InChI is InChI=1S/C20H27N3O4/c1-20(2,3)27-19(26)23-8-5-14(6-9-23)10-17(24)12-18(25)15-4-7-22-16(11-15)13-21/h4,7,11,14,17,24H,5-6,8-10,12H2,1-3H3. The molecule has 1 fully saturated rings. The van der Waals surface area contributed by atoms with E-state index in [0.717, 1.165) is 12.8 Å². The highest BCUT2D eigenvalue weighted by Gasteiger charge is 2.28. The summed E-state index contributed by atoms with van der Waals surface area (Å²) in [6.07, 6.45) is 2.46. The number of hydrogen-bond acceptors (Lipinski definition) is 6. The van der Waals surface area contributed by atoms with Gasteiger partial charge in [0.1, 0.15) is 17.4 Å². The van der Waals surface area contributed by atoms with E-state index in [1.165, 1.54) is 12.3 Å². The van der Waals surface area contributed by atoms with Gasteiger partial charge in [0.25, 0.3) is 0 Å². The molecular weight excluding hydrogens is 346 g/mol. The number of rotatable bonds is 5. The molecule has 7 heteroatoms. The Labute approximate surface area is 160 Å². The smallest absolute Gasteiger partial charge is 0.410 e. The number of carbonyl (C=O) groups is 2. The third-order valence-electron chi connectivity index (χ3n) is 4.49. The lowest BCUT2D eigenvalue weighted by Gasteiger charge is -2.34. The maximum atomic E-state index is 12.3. The molecule has 1 aliphatic rings. The Morgan fingerprint density at radius 3 is 2.67 bits per heavy atom. The second-order valence-corrected chi connectivity index (χ2v) is 7.97. The summed E-state index contributed by atoms with van der Waals surface area (Å²) in [7, 11) is 0. The van der Waals surface area contributed by atoms with Crippen LogP contribution in [0.2, 0.25) is 0 Å². The number of likely N-dealkylation sites (tertiary alicyclic amines) is 1. The Morgan fingerprint density at radius 1 is 1.41 bits per heavy atom. The summed E-state index contributed by atoms with van der Waals surface area (Å²) in [5.41, 5.74) is 0.0632. The molecule has 0 spiro atoms. The molecule has 1 aromatic rings. The number of aliphatic hydroxyl groups excluding tert-OH is 1. The lowest BCUT2D eigenvalue weighted by Crippen LogP contribution is -2.42. The van der Waals surface area contributed by atoms with Crippen molar-refractivity contribution in [3.63, 3.8) is 0 Å². The fraction of sp³-hybridized carbons (Fsp3) is 0.600. The average Bonchev–Trinajstić information content (AvgIpc) is 2.60. The Hall–Kier alpha value is -2.46. The molecule has 0 aliphatic carbocycles. The van der Waals surface area contributed by atoms with Gasteiger partial charge in [0, 0.05) is 31.3 Å². The first-order chi connectivity index (χ1) is 12.7. The van der Waals surface area contributed by atoms with E-state index in [0.29, 0.717) is 25.1 Å². The van der Waals surface area contributed by atoms with Crippen LogP contribution in [0, 0.1) is 17.2 Å². The van der Waals surface area contributed by atoms with Crippen LogP contribution < -0.4 is 0 Å². The van der Waals surface area contributed by atoms with E-state index in [1.807, 2.05) is 26.8 Å². The number of ketones is 1. The van der Waals surface area contributed by atoms with Crippen LogP contribution in [-0.4, -0.2) is 51.7 Å². The normalized spacial score (nSPS) is 16.5. The minimum atomic E-state index is -0.741. The van der Waals surface area contributed by atoms with E-state index in [9.17, 15) is 14.7 Å². The molecule has 27 heavy (non-hydrogen) atoms. The van der Waals surface area contributed by atoms with Crippen LogP contribution in [0.1, 0.15) is 62.5 Å². The summed E-state index contributed by atoms with van der Waals surface area (Å²) in [4.78, 5) is 29.9. The van der Waals surface area contributed by atoms with Gasteiger partial charge in [-0.3, -0.25) is 4.79 Å². The highest BCUT2D eigenvalue weighted by molar-refractivity contribution is 5.96. The summed E-state index contributed by atoms with van der Waals surface area (Å²) in [6.45, 7) is 6.71. The Balaban J connectivity index is 1.79. The van der Waals surface area contributed by atoms with E-state index in [2.05, 4.69) is 4.98 Å². The number of pyridine rings is 1. The highest BCUT2D eigenvalue weighted by atomic mass is 16.6. The predicted molar refractivity (Wildman–Crippen MR) is 99.1 cm³/mol. The van der Waals surface area contributed by atoms with Gasteiger partial charge in [-0.15, -0.1) is 0 Å². The Kier molecular flexibility index (Phi) is 6.92. The van der Waals surface area contributed by atoms with Crippen LogP contribution in [0.5, 0.6) is 0 Å². The van der Waals surface area contributed by atoms with Crippen molar-refractivity contribution in [2.75, 3.05) is 13.1 Å². The highest BCUT2D eigenvalue weighted by Crippen LogP contribution is 2.24. The average molecular weight is 373 g/mol. The number of amides is 1. The molecule has 146 valence electrons. The van der Waals surface area contributed by atoms with E-state index >= 15 is 0 Å². The van der Waals surface area contributed by atoms with Gasteiger partial charge in [0.05, 0.1) is 6.10 Å². The third kappa shape index (κ3) is 6.65. The summed E-state index contributed by atoms with van der Waals surface area (Å²) >= 11 is 0. The zero-order valence-electron chi connectivity index (χ0n) is 16.1. The maximum Gasteiger partial charge on any atom is 0.410 e. The third-order valence-corrected chi connectivity index (χ3v) is 4.49. The first-order valence-electron chi connectivity index (χ1n) is 9.23. The SMILES string of the molecule is CC(C)(C)OC(=O)N1CCC(CC(O)CC(=O)c2ccnc(C#N)c2)CC1. The van der Waals surface area contributed by atoms with Crippen molar-refractivity contribution in [3.05, 3.63) is 29.6 Å². The molecule has 0 saturated carbocycles. The van der Waals surface area contributed by atoms with Crippen LogP contribution in [0.3, 0.4) is 0 Å². The Morgan fingerprint density at radius 2 is 2.07 bits per heavy atom. The number of ether oxygens (including phenoxy) is 1. The lowest BCUT2D eigenvalue weighted by atomic mass is 9.89. The molecule has 2 heterocycles. The zero-order valence-corrected chi connectivity index (χ0v) is 16.1. The molecule has 0 aromatic carbocycles. The van der Waals surface area contributed by atoms with Crippen molar-refractivity contribution in [2.45, 2.75) is 58.2 Å². The first kappa shape index (κ1) is 20.8. The van der Waals surface area contributed by atoms with Gasteiger partial charge in [-0.1, -0.05) is 0 Å². The number of aromatic nitrogens is 1. The van der Waals surface area contributed by atoms with E-state index in [4.69, 9.17) is 10.00 Å². The van der Waals surface area contributed by atoms with Crippen molar-refractivity contribution in [3.8, 4) is 6.07 Å². The lowest BCUT2D eigenvalue weighted by molar-refractivity contribution is 0.0161. The first-order valence-corrected chi connectivity index (χ1v) is 9.23. The predicted octanol–water partition coefficient (Wildman–Crippen LogP) is 2.92. The summed E-state index contributed by atoms with van der Waals surface area (Å²) in [5, 5.41) is 19.1. The van der Waals surface area contributed by atoms with Crippen molar-refractivity contribution in [2.24, 2.45) is 5.92 Å². The van der Waals surface area contributed by atoms with Crippen molar-refractivity contribution in [1.29, 1.82) is 5.26 Å². The largest absolute Gasteiger partial charge is 0.444 e. The maximum absolute atomic E-state index is 12.3. The molecule has 1 aliphatic heterocycles. The topological polar surface area (TPSA) is 104 Å².